The van der Waals surface area contributed by atoms with Crippen molar-refractivity contribution in [1.29, 1.82) is 0 Å². The number of amides is 1. The van der Waals surface area contributed by atoms with Crippen LogP contribution in [-0.4, -0.2) is 58.7 Å². The maximum absolute atomic E-state index is 12.2. The normalized spacial score (nSPS) is 26.7. The van der Waals surface area contributed by atoms with E-state index in [4.69, 9.17) is 14.2 Å². The summed E-state index contributed by atoms with van der Waals surface area (Å²) in [5.74, 6) is 0. The van der Waals surface area contributed by atoms with Crippen LogP contribution in [0.4, 0.5) is 4.79 Å². The van der Waals surface area contributed by atoms with Gasteiger partial charge in [0.2, 0.25) is 0 Å². The van der Waals surface area contributed by atoms with E-state index in [1.165, 1.54) is 0 Å². The van der Waals surface area contributed by atoms with E-state index in [0.717, 1.165) is 11.1 Å². The van der Waals surface area contributed by atoms with Gasteiger partial charge in [-0.15, -0.1) is 0 Å². The topological polar surface area (TPSA) is 117 Å². The summed E-state index contributed by atoms with van der Waals surface area (Å²) in [6, 6.07) is 17.3. The fourth-order valence-electron chi connectivity index (χ4n) is 3.03. The van der Waals surface area contributed by atoms with Gasteiger partial charge in [0, 0.05) is 0 Å². The second-order valence-electron chi connectivity index (χ2n) is 6.74. The Labute approximate surface area is 168 Å². The van der Waals surface area contributed by atoms with Crippen molar-refractivity contribution >= 4 is 6.09 Å². The van der Waals surface area contributed by atoms with Crippen LogP contribution in [0.3, 0.4) is 0 Å². The Morgan fingerprint density at radius 2 is 1.52 bits per heavy atom. The predicted octanol–water partition coefficient (Wildman–Crippen LogP) is 0.937. The number of alkyl carbamates (subject to hydrolysis) is 1. The van der Waals surface area contributed by atoms with E-state index in [-0.39, 0.29) is 13.2 Å². The summed E-state index contributed by atoms with van der Waals surface area (Å²) in [6.45, 7) is -0.300. The molecule has 1 fully saturated rings. The minimum Gasteiger partial charge on any atom is -0.445 e. The van der Waals surface area contributed by atoms with Crippen molar-refractivity contribution in [3.63, 3.8) is 0 Å². The third-order valence-corrected chi connectivity index (χ3v) is 4.64. The van der Waals surface area contributed by atoms with Crippen molar-refractivity contribution in [2.75, 3.05) is 6.61 Å². The molecule has 0 saturated carbocycles. The zero-order valence-electron chi connectivity index (χ0n) is 15.8. The number of rotatable bonds is 7. The third-order valence-electron chi connectivity index (χ3n) is 4.64. The molecule has 0 aromatic heterocycles. The van der Waals surface area contributed by atoms with Crippen LogP contribution >= 0.6 is 0 Å². The molecule has 0 aliphatic carbocycles. The van der Waals surface area contributed by atoms with Gasteiger partial charge in [0.25, 0.3) is 0 Å². The van der Waals surface area contributed by atoms with Gasteiger partial charge in [0.15, 0.2) is 6.29 Å². The smallest absolute Gasteiger partial charge is 0.407 e. The lowest BCUT2D eigenvalue weighted by Gasteiger charge is -2.42. The van der Waals surface area contributed by atoms with Crippen molar-refractivity contribution in [2.45, 2.75) is 43.9 Å². The molecule has 8 heteroatoms. The highest BCUT2D eigenvalue weighted by molar-refractivity contribution is 5.67. The van der Waals surface area contributed by atoms with Crippen molar-refractivity contribution in [3.05, 3.63) is 71.8 Å². The highest BCUT2D eigenvalue weighted by Crippen LogP contribution is 2.23. The first kappa shape index (κ1) is 21.2. The Morgan fingerprint density at radius 3 is 2.10 bits per heavy atom. The minimum atomic E-state index is -1.41. The molecule has 0 spiro atoms. The fourth-order valence-corrected chi connectivity index (χ4v) is 3.03. The molecule has 0 unspecified atom stereocenters. The number of hydrogen-bond donors (Lipinski definition) is 4. The van der Waals surface area contributed by atoms with Gasteiger partial charge in [-0.25, -0.2) is 4.79 Å². The first-order chi connectivity index (χ1) is 14.1. The Kier molecular flexibility index (Phi) is 7.56. The number of nitrogens with one attached hydrogen (secondary N) is 1. The lowest BCUT2D eigenvalue weighted by Crippen LogP contribution is -2.64. The van der Waals surface area contributed by atoms with Gasteiger partial charge >= 0.3 is 6.09 Å². The van der Waals surface area contributed by atoms with Crippen LogP contribution in [-0.2, 0) is 27.4 Å². The average molecular weight is 403 g/mol. The van der Waals surface area contributed by atoms with Crippen molar-refractivity contribution in [2.24, 2.45) is 0 Å². The third kappa shape index (κ3) is 5.75. The average Bonchev–Trinajstić information content (AvgIpc) is 2.76. The Balaban J connectivity index is 1.63. The largest absolute Gasteiger partial charge is 0.445 e. The quantitative estimate of drug-likeness (QED) is 0.543. The molecule has 2 aromatic carbocycles. The van der Waals surface area contributed by atoms with Gasteiger partial charge < -0.3 is 34.8 Å². The predicted molar refractivity (Wildman–Crippen MR) is 103 cm³/mol. The van der Waals surface area contributed by atoms with Crippen LogP contribution in [0, 0.1) is 0 Å². The number of benzene rings is 2. The van der Waals surface area contributed by atoms with E-state index in [0.29, 0.717) is 0 Å². The van der Waals surface area contributed by atoms with Crippen LogP contribution in [0.25, 0.3) is 0 Å². The van der Waals surface area contributed by atoms with Gasteiger partial charge in [-0.05, 0) is 11.1 Å². The molecule has 4 N–H and O–H groups in total. The van der Waals surface area contributed by atoms with Crippen LogP contribution in [0.1, 0.15) is 11.1 Å². The van der Waals surface area contributed by atoms with E-state index >= 15 is 0 Å². The number of carbonyl (C=O) groups is 1. The van der Waals surface area contributed by atoms with Crippen LogP contribution in [0.15, 0.2) is 60.7 Å². The SMILES string of the molecule is O=C(N[C@H]1[C@H](OCc2ccccc2)O[C@H](CO)[C@H](O)[C@H]1O)OCc1ccccc1. The van der Waals surface area contributed by atoms with E-state index in [1.807, 2.05) is 60.7 Å². The Morgan fingerprint density at radius 1 is 0.931 bits per heavy atom. The molecular formula is C21H25NO7. The van der Waals surface area contributed by atoms with Gasteiger partial charge in [0.1, 0.15) is 31.0 Å². The van der Waals surface area contributed by atoms with Gasteiger partial charge in [-0.3, -0.25) is 0 Å². The summed E-state index contributed by atoms with van der Waals surface area (Å²) in [4.78, 5) is 12.2. The number of carbonyl (C=O) groups excluding carboxylic acids is 1. The summed E-state index contributed by atoms with van der Waals surface area (Å²) in [5, 5.41) is 32.5. The van der Waals surface area contributed by atoms with Gasteiger partial charge in [-0.1, -0.05) is 60.7 Å². The first-order valence-electron chi connectivity index (χ1n) is 9.33. The second-order valence-corrected chi connectivity index (χ2v) is 6.74. The molecule has 2 aromatic rings. The Hall–Kier alpha value is -2.49. The molecule has 0 radical (unpaired) electrons. The molecule has 5 atom stereocenters. The van der Waals surface area contributed by atoms with Crippen molar-refractivity contribution in [3.8, 4) is 0 Å². The highest BCUT2D eigenvalue weighted by Gasteiger charge is 2.45. The molecule has 29 heavy (non-hydrogen) atoms. The zero-order chi connectivity index (χ0) is 20.6. The molecule has 3 rings (SSSR count). The monoisotopic (exact) mass is 403 g/mol. The van der Waals surface area contributed by atoms with Crippen molar-refractivity contribution < 1.29 is 34.3 Å². The lowest BCUT2D eigenvalue weighted by atomic mass is 9.97. The molecule has 1 amide bonds. The number of ether oxygens (including phenoxy) is 3. The van der Waals surface area contributed by atoms with Gasteiger partial charge in [0.05, 0.1) is 13.2 Å². The Bertz CT molecular complexity index is 758. The first-order valence-corrected chi connectivity index (χ1v) is 9.33. The number of aliphatic hydroxyl groups is 3. The van der Waals surface area contributed by atoms with E-state index < -0.39 is 43.3 Å². The molecule has 1 aliphatic heterocycles. The molecule has 8 nitrogen and oxygen atoms in total. The second kappa shape index (κ2) is 10.3. The number of hydrogen-bond acceptors (Lipinski definition) is 7. The van der Waals surface area contributed by atoms with E-state index in [2.05, 4.69) is 5.32 Å². The van der Waals surface area contributed by atoms with Crippen LogP contribution in [0.5, 0.6) is 0 Å². The summed E-state index contributed by atoms with van der Waals surface area (Å²) in [6.07, 6.45) is -5.72. The van der Waals surface area contributed by atoms with Crippen LogP contribution < -0.4 is 5.32 Å². The summed E-state index contributed by atoms with van der Waals surface area (Å²) in [5.41, 5.74) is 1.67. The summed E-state index contributed by atoms with van der Waals surface area (Å²) < 4.78 is 16.5. The maximum atomic E-state index is 12.2. The molecule has 1 aliphatic rings. The molecule has 1 saturated heterocycles. The number of aliphatic hydroxyl groups excluding tert-OH is 3. The standard InChI is InChI=1S/C21H25NO7/c23-11-16-18(24)19(25)17(20(29-16)27-12-14-7-3-1-4-8-14)22-21(26)28-13-15-9-5-2-6-10-15/h1-10,16-20,23-25H,11-13H2,(H,22,26)/t16-,17-,18+,19+,20-/m1/s1. The fraction of sp³-hybridized carbons (Fsp3) is 0.381. The summed E-state index contributed by atoms with van der Waals surface area (Å²) in [7, 11) is 0. The lowest BCUT2D eigenvalue weighted by molar-refractivity contribution is -0.273. The molecule has 1 heterocycles. The maximum Gasteiger partial charge on any atom is 0.407 e. The van der Waals surface area contributed by atoms with E-state index in [9.17, 15) is 20.1 Å². The van der Waals surface area contributed by atoms with Crippen LogP contribution in [0.2, 0.25) is 0 Å². The summed E-state index contributed by atoms with van der Waals surface area (Å²) >= 11 is 0. The van der Waals surface area contributed by atoms with Crippen molar-refractivity contribution in [1.82, 2.24) is 5.32 Å². The van der Waals surface area contributed by atoms with E-state index in [1.54, 1.807) is 0 Å². The molecule has 156 valence electrons. The zero-order valence-corrected chi connectivity index (χ0v) is 15.8. The highest BCUT2D eigenvalue weighted by atomic mass is 16.7. The molecule has 0 bridgehead atoms. The minimum absolute atomic E-state index is 0.0493. The van der Waals surface area contributed by atoms with Gasteiger partial charge in [-0.2, -0.15) is 0 Å². The molecular weight excluding hydrogens is 378 g/mol.